The Kier molecular flexibility index (Phi) is 6.36. The van der Waals surface area contributed by atoms with Crippen molar-refractivity contribution in [2.75, 3.05) is 17.2 Å². The molecule has 9 nitrogen and oxygen atoms in total. The second-order valence-electron chi connectivity index (χ2n) is 9.75. The fraction of sp³-hybridized carbons (Fsp3) is 0.400. The van der Waals surface area contributed by atoms with Crippen LogP contribution in [0.15, 0.2) is 36.9 Å². The predicted octanol–water partition coefficient (Wildman–Crippen LogP) is 3.87. The lowest BCUT2D eigenvalue weighted by molar-refractivity contribution is 0.0514. The summed E-state index contributed by atoms with van der Waals surface area (Å²) in [6, 6.07) is 7.59. The van der Waals surface area contributed by atoms with Crippen molar-refractivity contribution in [2.45, 2.75) is 37.2 Å². The van der Waals surface area contributed by atoms with Crippen molar-refractivity contribution in [3.63, 3.8) is 0 Å². The molecule has 3 N–H and O–H groups in total. The number of carbonyl (C=O) groups excluding carboxylic acids is 1. The van der Waals surface area contributed by atoms with Crippen LogP contribution in [0.25, 0.3) is 0 Å². The van der Waals surface area contributed by atoms with Crippen LogP contribution < -0.4 is 10.6 Å². The van der Waals surface area contributed by atoms with Crippen molar-refractivity contribution in [1.29, 1.82) is 5.26 Å². The molecule has 1 aromatic carbocycles. The average Bonchev–Trinajstić information content (AvgIpc) is 3.51. The highest BCUT2D eigenvalue weighted by Crippen LogP contribution is 2.54. The Morgan fingerprint density at radius 1 is 1.28 bits per heavy atom. The van der Waals surface area contributed by atoms with Crippen molar-refractivity contribution in [2.24, 2.45) is 18.9 Å². The number of aromatic nitrogens is 4. The molecule has 2 aromatic heterocycles. The number of anilines is 2. The summed E-state index contributed by atoms with van der Waals surface area (Å²) < 4.78 is 15.2. The molecule has 2 aliphatic carbocycles. The van der Waals surface area contributed by atoms with Gasteiger partial charge in [0.05, 0.1) is 22.6 Å². The zero-order chi connectivity index (χ0) is 25.4. The number of aliphatic hydroxyl groups is 1. The van der Waals surface area contributed by atoms with E-state index in [4.69, 9.17) is 16.9 Å². The number of halogens is 2. The number of amides is 1. The van der Waals surface area contributed by atoms with E-state index in [0.29, 0.717) is 48.4 Å². The number of nitrogens with one attached hydrogen (secondary N) is 2. The lowest BCUT2D eigenvalue weighted by atomic mass is 9.92. The Bertz CT molecular complexity index is 1340. The van der Waals surface area contributed by atoms with Gasteiger partial charge in [0, 0.05) is 31.3 Å². The van der Waals surface area contributed by atoms with Crippen LogP contribution in [0.5, 0.6) is 0 Å². The monoisotopic (exact) mass is 509 g/mol. The van der Waals surface area contributed by atoms with Gasteiger partial charge in [-0.15, -0.1) is 0 Å². The molecular formula is C25H25ClFN7O2. The molecule has 11 heteroatoms. The quantitative estimate of drug-likeness (QED) is 0.460. The van der Waals surface area contributed by atoms with Gasteiger partial charge in [0.25, 0.3) is 5.91 Å². The van der Waals surface area contributed by atoms with Gasteiger partial charge in [-0.3, -0.25) is 4.79 Å². The summed E-state index contributed by atoms with van der Waals surface area (Å²) in [6.07, 6.45) is 5.90. The Balaban J connectivity index is 1.24. The normalized spacial score (nSPS) is 24.8. The van der Waals surface area contributed by atoms with E-state index in [1.54, 1.807) is 24.0 Å². The first-order chi connectivity index (χ1) is 17.2. The molecule has 2 aliphatic rings. The molecule has 0 bridgehead atoms. The summed E-state index contributed by atoms with van der Waals surface area (Å²) in [5, 5.41) is 26.1. The zero-order valence-corrected chi connectivity index (χ0v) is 20.3. The highest BCUT2D eigenvalue weighted by atomic mass is 35.5. The first-order valence-electron chi connectivity index (χ1n) is 11.7. The van der Waals surface area contributed by atoms with Crippen molar-refractivity contribution in [3.8, 4) is 6.07 Å². The Labute approximate surface area is 212 Å². The van der Waals surface area contributed by atoms with Crippen molar-refractivity contribution >= 4 is 29.0 Å². The molecule has 1 amide bonds. The third-order valence-electron chi connectivity index (χ3n) is 7.25. The van der Waals surface area contributed by atoms with E-state index in [-0.39, 0.29) is 22.5 Å². The number of benzene rings is 1. The molecule has 186 valence electrons. The highest BCUT2D eigenvalue weighted by molar-refractivity contribution is 6.31. The lowest BCUT2D eigenvalue weighted by Gasteiger charge is -2.25. The number of aryl methyl sites for hydroxylation is 1. The second-order valence-corrected chi connectivity index (χ2v) is 10.2. The fourth-order valence-corrected chi connectivity index (χ4v) is 5.88. The molecule has 2 fully saturated rings. The summed E-state index contributed by atoms with van der Waals surface area (Å²) in [6.45, 7) is 0.337. The molecule has 0 saturated heterocycles. The van der Waals surface area contributed by atoms with Crippen molar-refractivity contribution in [3.05, 3.63) is 64.8 Å². The summed E-state index contributed by atoms with van der Waals surface area (Å²) in [5.74, 6) is 0.374. The number of rotatable bonds is 6. The summed E-state index contributed by atoms with van der Waals surface area (Å²) >= 11 is 5.85. The summed E-state index contributed by atoms with van der Waals surface area (Å²) in [5.41, 5.74) is 1.01. The summed E-state index contributed by atoms with van der Waals surface area (Å²) in [4.78, 5) is 25.6. The lowest BCUT2D eigenvalue weighted by Crippen LogP contribution is -2.35. The maximum absolute atomic E-state index is 13.5. The number of hydrogen-bond donors (Lipinski definition) is 3. The van der Waals surface area contributed by atoms with E-state index in [0.717, 1.165) is 18.5 Å². The van der Waals surface area contributed by atoms with E-state index < -0.39 is 11.4 Å². The molecule has 0 aliphatic heterocycles. The second kappa shape index (κ2) is 9.48. The van der Waals surface area contributed by atoms with Crippen LogP contribution in [0.1, 0.15) is 53.5 Å². The van der Waals surface area contributed by atoms with Gasteiger partial charge in [0.15, 0.2) is 0 Å². The maximum Gasteiger partial charge on any atom is 0.274 e. The van der Waals surface area contributed by atoms with E-state index in [1.165, 1.54) is 24.5 Å². The van der Waals surface area contributed by atoms with Gasteiger partial charge in [0.2, 0.25) is 0 Å². The molecule has 2 heterocycles. The van der Waals surface area contributed by atoms with Crippen LogP contribution in [-0.4, -0.2) is 42.7 Å². The Morgan fingerprint density at radius 3 is 2.72 bits per heavy atom. The first-order valence-corrected chi connectivity index (χ1v) is 12.1. The van der Waals surface area contributed by atoms with E-state index in [1.807, 2.05) is 6.07 Å². The van der Waals surface area contributed by atoms with Gasteiger partial charge in [-0.05, 0) is 55.7 Å². The number of carbonyl (C=O) groups is 1. The van der Waals surface area contributed by atoms with Gasteiger partial charge in [-0.25, -0.2) is 19.3 Å². The fourth-order valence-electron chi connectivity index (χ4n) is 5.70. The standard InChI is InChI=1S/C25H25ClFN7O2/c1-34-13-32-22(23(34)24(35)33-17-2-3-20(27)19(26)6-17)14-4-15-8-25(36,9-16(15)5-14)11-29-21-7-18(10-28)30-12-31-21/h2-3,6-7,12-16,36H,4-5,8-9,11H2,1H3,(H,33,35)(H,29,30,31). The molecule has 0 spiro atoms. The average molecular weight is 510 g/mol. The molecular weight excluding hydrogens is 485 g/mol. The molecule has 3 aromatic rings. The van der Waals surface area contributed by atoms with Crippen LogP contribution in [0.4, 0.5) is 15.9 Å². The van der Waals surface area contributed by atoms with Crippen LogP contribution in [0.2, 0.25) is 5.02 Å². The van der Waals surface area contributed by atoms with Crippen molar-refractivity contribution < 1.29 is 14.3 Å². The van der Waals surface area contributed by atoms with E-state index in [2.05, 4.69) is 25.6 Å². The number of nitriles is 1. The molecule has 2 saturated carbocycles. The number of fused-ring (bicyclic) bond motifs is 1. The highest BCUT2D eigenvalue weighted by Gasteiger charge is 2.49. The van der Waals surface area contributed by atoms with Gasteiger partial charge >= 0.3 is 0 Å². The minimum absolute atomic E-state index is 0.0613. The van der Waals surface area contributed by atoms with Crippen LogP contribution >= 0.6 is 11.6 Å². The third-order valence-corrected chi connectivity index (χ3v) is 7.54. The first kappa shape index (κ1) is 24.2. The summed E-state index contributed by atoms with van der Waals surface area (Å²) in [7, 11) is 1.77. The largest absolute Gasteiger partial charge is 0.388 e. The molecule has 0 radical (unpaired) electrons. The smallest absolute Gasteiger partial charge is 0.274 e. The molecule has 36 heavy (non-hydrogen) atoms. The van der Waals surface area contributed by atoms with Crippen molar-refractivity contribution in [1.82, 2.24) is 19.5 Å². The number of hydrogen-bond acceptors (Lipinski definition) is 7. The number of nitrogens with zero attached hydrogens (tertiary/aromatic N) is 5. The number of imidazole rings is 1. The van der Waals surface area contributed by atoms with Gasteiger partial charge in [-0.1, -0.05) is 11.6 Å². The van der Waals surface area contributed by atoms with Crippen LogP contribution in [0, 0.1) is 29.0 Å². The SMILES string of the molecule is Cn1cnc(C2CC3CC(O)(CNc4cc(C#N)ncn4)CC3C2)c1C(=O)Nc1ccc(F)c(Cl)c1. The molecule has 5 rings (SSSR count). The van der Waals surface area contributed by atoms with Gasteiger partial charge in [-0.2, -0.15) is 5.26 Å². The van der Waals surface area contributed by atoms with E-state index in [9.17, 15) is 14.3 Å². The minimum Gasteiger partial charge on any atom is -0.388 e. The van der Waals surface area contributed by atoms with Crippen LogP contribution in [0.3, 0.4) is 0 Å². The van der Waals surface area contributed by atoms with Gasteiger partial charge < -0.3 is 20.3 Å². The van der Waals surface area contributed by atoms with E-state index >= 15 is 0 Å². The predicted molar refractivity (Wildman–Crippen MR) is 131 cm³/mol. The van der Waals surface area contributed by atoms with Gasteiger partial charge in [0.1, 0.15) is 35.4 Å². The topological polar surface area (TPSA) is 129 Å². The maximum atomic E-state index is 13.5. The van der Waals surface area contributed by atoms with Crippen LogP contribution in [-0.2, 0) is 7.05 Å². The minimum atomic E-state index is -0.871. The third kappa shape index (κ3) is 4.76. The Morgan fingerprint density at radius 2 is 2.03 bits per heavy atom. The Hall–Kier alpha value is -3.55. The molecule has 2 unspecified atom stereocenters. The zero-order valence-electron chi connectivity index (χ0n) is 19.6. The molecule has 2 atom stereocenters.